The summed E-state index contributed by atoms with van der Waals surface area (Å²) in [4.78, 5) is 22.5. The predicted molar refractivity (Wildman–Crippen MR) is 88.0 cm³/mol. The SMILES string of the molecule is CC/C=C/C=C/C=C/C=CCCC(=O)OCOC(=O)C(C)C. The Morgan fingerprint density at radius 1 is 0.909 bits per heavy atom. The summed E-state index contributed by atoms with van der Waals surface area (Å²) in [6.45, 7) is 5.22. The van der Waals surface area contributed by atoms with Crippen molar-refractivity contribution in [1.82, 2.24) is 0 Å². The molecule has 122 valence electrons. The molecule has 0 saturated heterocycles. The van der Waals surface area contributed by atoms with Crippen LogP contribution >= 0.6 is 0 Å². The largest absolute Gasteiger partial charge is 0.428 e. The summed E-state index contributed by atoms with van der Waals surface area (Å²) in [5.74, 6) is -0.977. The first kappa shape index (κ1) is 19.9. The predicted octanol–water partition coefficient (Wildman–Crippen LogP) is 4.10. The Kier molecular flexibility index (Phi) is 12.5. The summed E-state index contributed by atoms with van der Waals surface area (Å²) in [6.07, 6.45) is 17.4. The molecule has 0 spiro atoms. The molecule has 0 amide bonds. The van der Waals surface area contributed by atoms with Crippen molar-refractivity contribution >= 4 is 11.9 Å². The highest BCUT2D eigenvalue weighted by molar-refractivity contribution is 5.72. The Morgan fingerprint density at radius 3 is 2.09 bits per heavy atom. The van der Waals surface area contributed by atoms with Gasteiger partial charge in [-0.05, 0) is 12.8 Å². The summed E-state index contributed by atoms with van der Waals surface area (Å²) in [7, 11) is 0. The fourth-order valence-corrected chi connectivity index (χ4v) is 1.24. The topological polar surface area (TPSA) is 52.6 Å². The smallest absolute Gasteiger partial charge is 0.311 e. The Bertz CT molecular complexity index is 428. The lowest BCUT2D eigenvalue weighted by atomic mass is 10.2. The van der Waals surface area contributed by atoms with Gasteiger partial charge in [-0.25, -0.2) is 0 Å². The van der Waals surface area contributed by atoms with Gasteiger partial charge in [0.2, 0.25) is 6.79 Å². The van der Waals surface area contributed by atoms with E-state index in [-0.39, 0.29) is 31.1 Å². The van der Waals surface area contributed by atoms with Crippen molar-refractivity contribution < 1.29 is 19.1 Å². The van der Waals surface area contributed by atoms with Gasteiger partial charge in [0.15, 0.2) is 0 Å². The lowest BCUT2D eigenvalue weighted by Crippen LogP contribution is -2.16. The molecule has 0 N–H and O–H groups in total. The first-order valence-corrected chi connectivity index (χ1v) is 7.55. The van der Waals surface area contributed by atoms with Crippen molar-refractivity contribution in [2.75, 3.05) is 6.79 Å². The van der Waals surface area contributed by atoms with E-state index in [9.17, 15) is 9.59 Å². The molecule has 0 aromatic carbocycles. The Labute approximate surface area is 133 Å². The molecule has 0 aliphatic carbocycles. The average Bonchev–Trinajstić information content (AvgIpc) is 2.49. The van der Waals surface area contributed by atoms with Crippen molar-refractivity contribution in [2.45, 2.75) is 40.0 Å². The molecule has 0 radical (unpaired) electrons. The van der Waals surface area contributed by atoms with E-state index in [0.29, 0.717) is 6.42 Å². The van der Waals surface area contributed by atoms with Crippen molar-refractivity contribution in [3.63, 3.8) is 0 Å². The molecular weight excluding hydrogens is 280 g/mol. The van der Waals surface area contributed by atoms with Crippen molar-refractivity contribution in [3.8, 4) is 0 Å². The van der Waals surface area contributed by atoms with Crippen LogP contribution in [0.2, 0.25) is 0 Å². The number of ether oxygens (including phenoxy) is 2. The van der Waals surface area contributed by atoms with E-state index in [1.165, 1.54) is 0 Å². The Hall–Kier alpha value is -2.10. The second-order valence-corrected chi connectivity index (χ2v) is 4.83. The minimum atomic E-state index is -0.380. The summed E-state index contributed by atoms with van der Waals surface area (Å²) in [6, 6.07) is 0. The molecule has 0 bridgehead atoms. The number of carbonyl (C=O) groups excluding carboxylic acids is 2. The van der Waals surface area contributed by atoms with Crippen LogP contribution in [0.4, 0.5) is 0 Å². The highest BCUT2D eigenvalue weighted by Crippen LogP contribution is 1.98. The lowest BCUT2D eigenvalue weighted by Gasteiger charge is -2.07. The molecule has 0 aliphatic heterocycles. The van der Waals surface area contributed by atoms with Crippen LogP contribution in [0.1, 0.15) is 40.0 Å². The van der Waals surface area contributed by atoms with E-state index < -0.39 is 0 Å². The van der Waals surface area contributed by atoms with Crippen molar-refractivity contribution in [2.24, 2.45) is 5.92 Å². The summed E-state index contributed by atoms with van der Waals surface area (Å²) in [5.41, 5.74) is 0. The Morgan fingerprint density at radius 2 is 1.50 bits per heavy atom. The van der Waals surface area contributed by atoms with Crippen LogP contribution in [0, 0.1) is 5.92 Å². The molecule has 0 heterocycles. The van der Waals surface area contributed by atoms with E-state index in [1.807, 2.05) is 42.5 Å². The van der Waals surface area contributed by atoms with Gasteiger partial charge in [-0.15, -0.1) is 0 Å². The maximum Gasteiger partial charge on any atom is 0.311 e. The lowest BCUT2D eigenvalue weighted by molar-refractivity contribution is -0.169. The maximum atomic E-state index is 11.3. The highest BCUT2D eigenvalue weighted by atomic mass is 16.7. The van der Waals surface area contributed by atoms with Gasteiger partial charge in [-0.3, -0.25) is 9.59 Å². The molecule has 0 aromatic rings. The van der Waals surface area contributed by atoms with Gasteiger partial charge in [-0.1, -0.05) is 69.4 Å². The Balaban J connectivity index is 3.69. The van der Waals surface area contributed by atoms with Crippen LogP contribution in [0.5, 0.6) is 0 Å². The average molecular weight is 306 g/mol. The maximum absolute atomic E-state index is 11.3. The zero-order chi connectivity index (χ0) is 16.6. The number of carbonyl (C=O) groups is 2. The van der Waals surface area contributed by atoms with Gasteiger partial charge in [-0.2, -0.15) is 0 Å². The van der Waals surface area contributed by atoms with Gasteiger partial charge < -0.3 is 9.47 Å². The molecule has 0 aromatic heterocycles. The minimum Gasteiger partial charge on any atom is -0.428 e. The quantitative estimate of drug-likeness (QED) is 0.346. The summed E-state index contributed by atoms with van der Waals surface area (Å²) < 4.78 is 9.54. The van der Waals surface area contributed by atoms with Crippen LogP contribution < -0.4 is 0 Å². The molecule has 22 heavy (non-hydrogen) atoms. The molecule has 0 rings (SSSR count). The fourth-order valence-electron chi connectivity index (χ4n) is 1.24. The molecular formula is C18H26O4. The van der Waals surface area contributed by atoms with Gasteiger partial charge in [0, 0.05) is 6.42 Å². The van der Waals surface area contributed by atoms with Crippen LogP contribution in [-0.2, 0) is 19.1 Å². The highest BCUT2D eigenvalue weighted by Gasteiger charge is 2.09. The van der Waals surface area contributed by atoms with Gasteiger partial charge in [0.05, 0.1) is 5.92 Å². The zero-order valence-electron chi connectivity index (χ0n) is 13.7. The molecule has 4 nitrogen and oxygen atoms in total. The third-order valence-corrected chi connectivity index (χ3v) is 2.47. The molecule has 0 unspecified atom stereocenters. The van der Waals surface area contributed by atoms with Gasteiger partial charge in [0.25, 0.3) is 0 Å². The van der Waals surface area contributed by atoms with Crippen LogP contribution in [0.15, 0.2) is 48.6 Å². The number of esters is 2. The van der Waals surface area contributed by atoms with Gasteiger partial charge >= 0.3 is 11.9 Å². The second kappa shape index (κ2) is 13.9. The monoisotopic (exact) mass is 306 g/mol. The van der Waals surface area contributed by atoms with E-state index >= 15 is 0 Å². The standard InChI is InChI=1S/C18H26O4/c1-4-5-6-7-8-9-10-11-12-13-14-17(19)21-15-22-18(20)16(2)3/h5-12,16H,4,13-15H2,1-3H3/b6-5+,8-7+,10-9+,12-11?. The van der Waals surface area contributed by atoms with Gasteiger partial charge in [0.1, 0.15) is 0 Å². The first-order valence-electron chi connectivity index (χ1n) is 7.55. The third-order valence-electron chi connectivity index (χ3n) is 2.47. The van der Waals surface area contributed by atoms with Crippen molar-refractivity contribution in [3.05, 3.63) is 48.6 Å². The van der Waals surface area contributed by atoms with Crippen LogP contribution in [-0.4, -0.2) is 18.7 Å². The fraction of sp³-hybridized carbons (Fsp3) is 0.444. The van der Waals surface area contributed by atoms with E-state index in [4.69, 9.17) is 9.47 Å². The van der Waals surface area contributed by atoms with E-state index in [0.717, 1.165) is 6.42 Å². The number of rotatable bonds is 10. The number of allylic oxidation sites excluding steroid dienone is 8. The number of hydrogen-bond donors (Lipinski definition) is 0. The normalized spacial score (nSPS) is 12.2. The van der Waals surface area contributed by atoms with Crippen LogP contribution in [0.3, 0.4) is 0 Å². The number of hydrogen-bond acceptors (Lipinski definition) is 4. The second-order valence-electron chi connectivity index (χ2n) is 4.83. The van der Waals surface area contributed by atoms with E-state index in [1.54, 1.807) is 13.8 Å². The third kappa shape index (κ3) is 12.9. The van der Waals surface area contributed by atoms with Crippen molar-refractivity contribution in [1.29, 1.82) is 0 Å². The zero-order valence-corrected chi connectivity index (χ0v) is 13.7. The molecule has 0 fully saturated rings. The van der Waals surface area contributed by atoms with E-state index in [2.05, 4.69) is 13.0 Å². The molecule has 0 aliphatic rings. The minimum absolute atomic E-state index is 0.222. The first-order chi connectivity index (χ1) is 10.6. The van der Waals surface area contributed by atoms with Crippen LogP contribution in [0.25, 0.3) is 0 Å². The summed E-state index contributed by atoms with van der Waals surface area (Å²) >= 11 is 0. The molecule has 0 atom stereocenters. The summed E-state index contributed by atoms with van der Waals surface area (Å²) in [5, 5.41) is 0. The molecule has 0 saturated carbocycles. The molecule has 4 heteroatoms.